The highest BCUT2D eigenvalue weighted by Gasteiger charge is 2.07. The predicted octanol–water partition coefficient (Wildman–Crippen LogP) is 1.31. The Bertz CT molecular complexity index is 336. The maximum atomic E-state index is 13.3. The molecule has 0 aliphatic carbocycles. The van der Waals surface area contributed by atoms with Crippen molar-refractivity contribution >= 4 is 23.5 Å². The maximum Gasteiger partial charge on any atom is 0.239 e. The van der Waals surface area contributed by atoms with Gasteiger partial charge in [0.25, 0.3) is 0 Å². The van der Waals surface area contributed by atoms with Crippen molar-refractivity contribution in [2.75, 3.05) is 29.3 Å². The molecule has 1 aromatic rings. The number of hydrogen-bond donors (Lipinski definition) is 3. The Morgan fingerprint density at radius 3 is 3.00 bits per heavy atom. The number of aromatic nitrogens is 2. The van der Waals surface area contributed by atoms with Crippen LogP contribution in [0.4, 0.5) is 16.2 Å². The summed E-state index contributed by atoms with van der Waals surface area (Å²) in [5.74, 6) is 6.50. The Balaban J connectivity index is 2.58. The SMILES string of the molecule is CSCC(C)CNc1nc(NN)ncc1F. The average molecular weight is 245 g/mol. The first-order valence-corrected chi connectivity index (χ1v) is 6.28. The van der Waals surface area contributed by atoms with Gasteiger partial charge in [-0.3, -0.25) is 5.43 Å². The number of nitrogen functional groups attached to an aromatic ring is 1. The van der Waals surface area contributed by atoms with Crippen LogP contribution in [-0.2, 0) is 0 Å². The standard InChI is InChI=1S/C9H16FN5S/c1-6(5-16-2)3-12-8-7(10)4-13-9(14-8)15-11/h4,6H,3,5,11H2,1-2H3,(H2,12,13,14,15). The molecule has 1 atom stereocenters. The van der Waals surface area contributed by atoms with Crippen LogP contribution in [0.3, 0.4) is 0 Å². The summed E-state index contributed by atoms with van der Waals surface area (Å²) in [6.07, 6.45) is 3.13. The van der Waals surface area contributed by atoms with Gasteiger partial charge in [0.05, 0.1) is 6.20 Å². The van der Waals surface area contributed by atoms with Crippen LogP contribution in [0.5, 0.6) is 0 Å². The molecule has 0 fully saturated rings. The van der Waals surface area contributed by atoms with Gasteiger partial charge in [-0.2, -0.15) is 16.7 Å². The summed E-state index contributed by atoms with van der Waals surface area (Å²) in [5, 5.41) is 2.94. The van der Waals surface area contributed by atoms with Gasteiger partial charge in [0, 0.05) is 6.54 Å². The molecule has 0 saturated carbocycles. The fourth-order valence-electron chi connectivity index (χ4n) is 1.17. The monoisotopic (exact) mass is 245 g/mol. The molecule has 16 heavy (non-hydrogen) atoms. The highest BCUT2D eigenvalue weighted by molar-refractivity contribution is 7.98. The molecule has 7 heteroatoms. The van der Waals surface area contributed by atoms with E-state index in [4.69, 9.17) is 5.84 Å². The fourth-order valence-corrected chi connectivity index (χ4v) is 1.86. The van der Waals surface area contributed by atoms with E-state index in [-0.39, 0.29) is 11.8 Å². The number of thioether (sulfide) groups is 1. The van der Waals surface area contributed by atoms with Crippen LogP contribution in [0.25, 0.3) is 0 Å². The Morgan fingerprint density at radius 2 is 2.38 bits per heavy atom. The van der Waals surface area contributed by atoms with Crippen LogP contribution in [0.15, 0.2) is 6.20 Å². The van der Waals surface area contributed by atoms with Crippen molar-refractivity contribution in [3.8, 4) is 0 Å². The normalized spacial score (nSPS) is 12.2. The van der Waals surface area contributed by atoms with Gasteiger partial charge in [0.2, 0.25) is 5.95 Å². The topological polar surface area (TPSA) is 75.9 Å². The highest BCUT2D eigenvalue weighted by Crippen LogP contribution is 2.12. The van der Waals surface area contributed by atoms with Gasteiger partial charge in [0.15, 0.2) is 11.6 Å². The lowest BCUT2D eigenvalue weighted by Crippen LogP contribution is -2.17. The summed E-state index contributed by atoms with van der Waals surface area (Å²) in [6, 6.07) is 0. The number of hydrazine groups is 1. The molecule has 0 spiro atoms. The molecule has 0 saturated heterocycles. The zero-order valence-corrected chi connectivity index (χ0v) is 10.1. The van der Waals surface area contributed by atoms with Crippen LogP contribution in [0, 0.1) is 11.7 Å². The van der Waals surface area contributed by atoms with Crippen molar-refractivity contribution in [3.05, 3.63) is 12.0 Å². The molecule has 5 nitrogen and oxygen atoms in total. The van der Waals surface area contributed by atoms with Gasteiger partial charge < -0.3 is 5.32 Å². The number of nitrogens with two attached hydrogens (primary N) is 1. The second-order valence-corrected chi connectivity index (χ2v) is 4.39. The Morgan fingerprint density at radius 1 is 1.62 bits per heavy atom. The molecule has 1 aromatic heterocycles. The number of nitrogens with one attached hydrogen (secondary N) is 2. The van der Waals surface area contributed by atoms with E-state index < -0.39 is 5.82 Å². The Hall–Kier alpha value is -1.08. The van der Waals surface area contributed by atoms with Crippen molar-refractivity contribution in [1.29, 1.82) is 0 Å². The largest absolute Gasteiger partial charge is 0.367 e. The fraction of sp³-hybridized carbons (Fsp3) is 0.556. The van der Waals surface area contributed by atoms with Crippen LogP contribution in [0.2, 0.25) is 0 Å². The van der Waals surface area contributed by atoms with E-state index in [0.29, 0.717) is 12.5 Å². The van der Waals surface area contributed by atoms with Gasteiger partial charge in [-0.25, -0.2) is 15.2 Å². The van der Waals surface area contributed by atoms with E-state index in [1.165, 1.54) is 0 Å². The molecule has 0 aliphatic rings. The summed E-state index contributed by atoms with van der Waals surface area (Å²) in [4.78, 5) is 7.54. The summed E-state index contributed by atoms with van der Waals surface area (Å²) in [5.41, 5.74) is 2.27. The van der Waals surface area contributed by atoms with E-state index in [9.17, 15) is 4.39 Å². The zero-order valence-electron chi connectivity index (χ0n) is 9.33. The molecule has 1 unspecified atom stereocenters. The molecule has 0 aliphatic heterocycles. The summed E-state index contributed by atoms with van der Waals surface area (Å²) in [7, 11) is 0. The van der Waals surface area contributed by atoms with Crippen molar-refractivity contribution in [3.63, 3.8) is 0 Å². The average Bonchev–Trinajstić information content (AvgIpc) is 2.28. The first-order chi connectivity index (χ1) is 7.67. The van der Waals surface area contributed by atoms with Gasteiger partial charge in [-0.1, -0.05) is 6.92 Å². The quantitative estimate of drug-likeness (QED) is 0.518. The highest BCUT2D eigenvalue weighted by atomic mass is 32.2. The van der Waals surface area contributed by atoms with Crippen LogP contribution in [0.1, 0.15) is 6.92 Å². The lowest BCUT2D eigenvalue weighted by Gasteiger charge is -2.12. The van der Waals surface area contributed by atoms with Gasteiger partial charge in [-0.15, -0.1) is 0 Å². The van der Waals surface area contributed by atoms with E-state index in [1.807, 2.05) is 6.26 Å². The molecule has 0 radical (unpaired) electrons. The van der Waals surface area contributed by atoms with E-state index >= 15 is 0 Å². The van der Waals surface area contributed by atoms with Crippen molar-refractivity contribution < 1.29 is 4.39 Å². The molecule has 0 bridgehead atoms. The molecular weight excluding hydrogens is 229 g/mol. The molecule has 1 rings (SSSR count). The summed E-state index contributed by atoms with van der Waals surface area (Å²) in [6.45, 7) is 2.75. The molecule has 0 aromatic carbocycles. The van der Waals surface area contributed by atoms with Crippen LogP contribution in [-0.4, -0.2) is 28.5 Å². The Kier molecular flexibility index (Phi) is 5.27. The minimum absolute atomic E-state index is 0.177. The van der Waals surface area contributed by atoms with Crippen molar-refractivity contribution in [2.45, 2.75) is 6.92 Å². The third-order valence-corrected chi connectivity index (χ3v) is 2.84. The number of halogens is 1. The third-order valence-electron chi connectivity index (χ3n) is 1.94. The minimum Gasteiger partial charge on any atom is -0.367 e. The van der Waals surface area contributed by atoms with Crippen molar-refractivity contribution in [2.24, 2.45) is 11.8 Å². The number of hydrogen-bond acceptors (Lipinski definition) is 6. The summed E-state index contributed by atoms with van der Waals surface area (Å²) >= 11 is 1.76. The summed E-state index contributed by atoms with van der Waals surface area (Å²) < 4.78 is 13.3. The lowest BCUT2D eigenvalue weighted by molar-refractivity contribution is 0.612. The van der Waals surface area contributed by atoms with E-state index in [1.54, 1.807) is 11.8 Å². The van der Waals surface area contributed by atoms with Gasteiger partial charge >= 0.3 is 0 Å². The first kappa shape index (κ1) is 13.0. The molecule has 4 N–H and O–H groups in total. The van der Waals surface area contributed by atoms with Crippen molar-refractivity contribution in [1.82, 2.24) is 9.97 Å². The Labute approximate surface area is 98.4 Å². The second-order valence-electron chi connectivity index (χ2n) is 3.48. The smallest absolute Gasteiger partial charge is 0.239 e. The molecule has 1 heterocycles. The molecular formula is C9H16FN5S. The van der Waals surface area contributed by atoms with E-state index in [2.05, 4.69) is 27.6 Å². The van der Waals surface area contributed by atoms with Gasteiger partial charge in [-0.05, 0) is 17.9 Å². The van der Waals surface area contributed by atoms with Gasteiger partial charge in [0.1, 0.15) is 0 Å². The molecule has 0 amide bonds. The zero-order chi connectivity index (χ0) is 12.0. The third kappa shape index (κ3) is 3.82. The first-order valence-electron chi connectivity index (χ1n) is 4.89. The number of nitrogens with zero attached hydrogens (tertiary/aromatic N) is 2. The predicted molar refractivity (Wildman–Crippen MR) is 65.8 cm³/mol. The number of rotatable bonds is 6. The second kappa shape index (κ2) is 6.49. The number of anilines is 2. The lowest BCUT2D eigenvalue weighted by atomic mass is 10.2. The molecule has 90 valence electrons. The van der Waals surface area contributed by atoms with E-state index in [0.717, 1.165) is 11.9 Å². The van der Waals surface area contributed by atoms with Crippen LogP contribution >= 0.6 is 11.8 Å². The van der Waals surface area contributed by atoms with Crippen LogP contribution < -0.4 is 16.6 Å². The maximum absolute atomic E-state index is 13.3. The minimum atomic E-state index is -0.477.